The number of imidazole rings is 1. The van der Waals surface area contributed by atoms with Crippen LogP contribution in [0.2, 0.25) is 0 Å². The lowest BCUT2D eigenvalue weighted by molar-refractivity contribution is -0.137. The SMILES string of the molecule is CC(=NOCc1ccc(C(F)(F)F)cc1)c1ccc(OCc2cn(C(c3ccccc3)(c3ccccc3)c3ccccc3)cn2)cc1. The molecule has 0 N–H and O–H groups in total. The van der Waals surface area contributed by atoms with Gasteiger partial charge in [0, 0.05) is 6.20 Å². The maximum Gasteiger partial charge on any atom is 0.416 e. The summed E-state index contributed by atoms with van der Waals surface area (Å²) in [5.41, 5.74) is 4.80. The van der Waals surface area contributed by atoms with Gasteiger partial charge >= 0.3 is 6.18 Å². The molecule has 8 heteroatoms. The van der Waals surface area contributed by atoms with E-state index in [1.807, 2.05) is 55.0 Å². The smallest absolute Gasteiger partial charge is 0.416 e. The number of alkyl halides is 3. The molecule has 0 aliphatic carbocycles. The highest BCUT2D eigenvalue weighted by atomic mass is 19.4. The second kappa shape index (κ2) is 13.8. The normalized spacial score (nSPS) is 12.1. The summed E-state index contributed by atoms with van der Waals surface area (Å²) in [5, 5.41) is 4.13. The predicted molar refractivity (Wildman–Crippen MR) is 176 cm³/mol. The minimum absolute atomic E-state index is 0.0590. The molecule has 5 aromatic carbocycles. The van der Waals surface area contributed by atoms with Crippen molar-refractivity contribution in [2.75, 3.05) is 0 Å². The highest BCUT2D eigenvalue weighted by Gasteiger charge is 2.38. The Hall–Kier alpha value is -5.63. The van der Waals surface area contributed by atoms with Crippen LogP contribution in [-0.2, 0) is 29.8 Å². The maximum atomic E-state index is 12.8. The predicted octanol–water partition coefficient (Wildman–Crippen LogP) is 9.26. The van der Waals surface area contributed by atoms with Crippen molar-refractivity contribution in [3.8, 4) is 5.75 Å². The van der Waals surface area contributed by atoms with Crippen LogP contribution in [-0.4, -0.2) is 15.3 Å². The number of aromatic nitrogens is 2. The zero-order chi connectivity index (χ0) is 32.7. The van der Waals surface area contributed by atoms with Crippen LogP contribution in [0.3, 0.4) is 0 Å². The van der Waals surface area contributed by atoms with Crippen LogP contribution < -0.4 is 4.74 Å². The molecular formula is C39H32F3N3O2. The van der Waals surface area contributed by atoms with Crippen LogP contribution in [0.1, 0.15) is 46.0 Å². The molecule has 1 heterocycles. The third kappa shape index (κ3) is 6.97. The molecule has 0 saturated heterocycles. The summed E-state index contributed by atoms with van der Waals surface area (Å²) < 4.78 is 46.6. The van der Waals surface area contributed by atoms with Gasteiger partial charge in [-0.1, -0.05) is 108 Å². The summed E-state index contributed by atoms with van der Waals surface area (Å²) in [4.78, 5) is 10.1. The summed E-state index contributed by atoms with van der Waals surface area (Å²) in [7, 11) is 0. The van der Waals surface area contributed by atoms with Crippen LogP contribution in [0.4, 0.5) is 13.2 Å². The van der Waals surface area contributed by atoms with Crippen molar-refractivity contribution in [2.45, 2.75) is 31.9 Å². The van der Waals surface area contributed by atoms with Crippen molar-refractivity contribution < 1.29 is 22.7 Å². The summed E-state index contributed by atoms with van der Waals surface area (Å²) in [5.74, 6) is 0.669. The van der Waals surface area contributed by atoms with Crippen molar-refractivity contribution in [1.82, 2.24) is 9.55 Å². The first-order valence-electron chi connectivity index (χ1n) is 15.1. The quantitative estimate of drug-likeness (QED) is 0.0814. The Balaban J connectivity index is 1.16. The zero-order valence-corrected chi connectivity index (χ0v) is 25.6. The van der Waals surface area contributed by atoms with Crippen molar-refractivity contribution in [1.29, 1.82) is 0 Å². The van der Waals surface area contributed by atoms with Crippen molar-refractivity contribution in [3.05, 3.63) is 191 Å². The number of ether oxygens (including phenoxy) is 1. The Labute approximate surface area is 271 Å². The fourth-order valence-corrected chi connectivity index (χ4v) is 5.60. The molecule has 1 aromatic heterocycles. The van der Waals surface area contributed by atoms with Crippen molar-refractivity contribution in [3.63, 3.8) is 0 Å². The summed E-state index contributed by atoms with van der Waals surface area (Å²) in [6.07, 6.45) is -0.476. The largest absolute Gasteiger partial charge is 0.487 e. The van der Waals surface area contributed by atoms with E-state index in [1.54, 1.807) is 6.92 Å². The van der Waals surface area contributed by atoms with E-state index in [4.69, 9.17) is 14.6 Å². The fraction of sp³-hybridized carbons (Fsp3) is 0.128. The summed E-state index contributed by atoms with van der Waals surface area (Å²) in [6, 6.07) is 43.5. The fourth-order valence-electron chi connectivity index (χ4n) is 5.60. The third-order valence-corrected chi connectivity index (χ3v) is 7.97. The molecule has 0 spiro atoms. The lowest BCUT2D eigenvalue weighted by Crippen LogP contribution is -2.36. The van der Waals surface area contributed by atoms with Gasteiger partial charge in [0.15, 0.2) is 0 Å². The van der Waals surface area contributed by atoms with Gasteiger partial charge in [-0.2, -0.15) is 13.2 Å². The van der Waals surface area contributed by atoms with E-state index in [-0.39, 0.29) is 13.2 Å². The van der Waals surface area contributed by atoms with Crippen LogP contribution in [0.15, 0.2) is 157 Å². The minimum Gasteiger partial charge on any atom is -0.487 e. The Morgan fingerprint density at radius 3 is 1.70 bits per heavy atom. The number of halogens is 3. The van der Waals surface area contributed by atoms with E-state index in [2.05, 4.69) is 82.5 Å². The lowest BCUT2D eigenvalue weighted by Gasteiger charge is -2.37. The highest BCUT2D eigenvalue weighted by Crippen LogP contribution is 2.40. The molecule has 0 amide bonds. The van der Waals surface area contributed by atoms with E-state index in [0.29, 0.717) is 17.0 Å². The van der Waals surface area contributed by atoms with Crippen molar-refractivity contribution in [2.24, 2.45) is 5.16 Å². The Bertz CT molecular complexity index is 1810. The van der Waals surface area contributed by atoms with Crippen LogP contribution in [0.25, 0.3) is 0 Å². The molecule has 236 valence electrons. The van der Waals surface area contributed by atoms with Gasteiger partial charge in [-0.3, -0.25) is 0 Å². The lowest BCUT2D eigenvalue weighted by atomic mass is 9.77. The number of nitrogens with zero attached hydrogens (tertiary/aromatic N) is 3. The number of hydrogen-bond donors (Lipinski definition) is 0. The van der Waals surface area contributed by atoms with Gasteiger partial charge in [-0.15, -0.1) is 0 Å². The van der Waals surface area contributed by atoms with E-state index < -0.39 is 17.3 Å². The number of oxime groups is 1. The van der Waals surface area contributed by atoms with Gasteiger partial charge in [0.2, 0.25) is 0 Å². The van der Waals surface area contributed by atoms with Gasteiger partial charge in [0.25, 0.3) is 0 Å². The molecule has 0 radical (unpaired) electrons. The van der Waals surface area contributed by atoms with Crippen LogP contribution >= 0.6 is 0 Å². The van der Waals surface area contributed by atoms with E-state index in [1.165, 1.54) is 12.1 Å². The average Bonchev–Trinajstić information content (AvgIpc) is 3.58. The molecule has 0 saturated carbocycles. The monoisotopic (exact) mass is 631 g/mol. The third-order valence-electron chi connectivity index (χ3n) is 7.97. The molecule has 0 aliphatic rings. The molecule has 0 unspecified atom stereocenters. The first kappa shape index (κ1) is 31.4. The molecule has 6 aromatic rings. The Morgan fingerprint density at radius 2 is 1.19 bits per heavy atom. The highest BCUT2D eigenvalue weighted by molar-refractivity contribution is 5.98. The van der Waals surface area contributed by atoms with Gasteiger partial charge in [0.05, 0.1) is 23.3 Å². The van der Waals surface area contributed by atoms with E-state index in [0.717, 1.165) is 40.1 Å². The molecule has 47 heavy (non-hydrogen) atoms. The Morgan fingerprint density at radius 1 is 0.660 bits per heavy atom. The number of benzene rings is 5. The summed E-state index contributed by atoms with van der Waals surface area (Å²) >= 11 is 0. The molecular weight excluding hydrogens is 599 g/mol. The second-order valence-corrected chi connectivity index (χ2v) is 11.0. The molecule has 0 atom stereocenters. The molecule has 6 rings (SSSR count). The number of rotatable bonds is 11. The topological polar surface area (TPSA) is 48.6 Å². The maximum absolute atomic E-state index is 12.8. The molecule has 5 nitrogen and oxygen atoms in total. The minimum atomic E-state index is -4.37. The standard InChI is InChI=1S/C39H32F3N3O2/c1-29(44-47-26-30-17-21-35(22-18-30)39(40,41)42)31-19-23-37(24-20-31)46-27-36-25-45(28-43-36)38(32-11-5-2-6-12-32,33-13-7-3-8-14-33)34-15-9-4-10-16-34/h2-25,28H,26-27H2,1H3. The molecule has 0 fully saturated rings. The Kier molecular flexibility index (Phi) is 9.20. The van der Waals surface area contributed by atoms with Crippen LogP contribution in [0.5, 0.6) is 5.75 Å². The van der Waals surface area contributed by atoms with Crippen LogP contribution in [0, 0.1) is 0 Å². The van der Waals surface area contributed by atoms with Crippen molar-refractivity contribution >= 4 is 5.71 Å². The first-order chi connectivity index (χ1) is 22.8. The number of hydrogen-bond acceptors (Lipinski definition) is 4. The summed E-state index contributed by atoms with van der Waals surface area (Å²) in [6.45, 7) is 2.13. The van der Waals surface area contributed by atoms with Gasteiger partial charge in [-0.05, 0) is 71.1 Å². The zero-order valence-electron chi connectivity index (χ0n) is 25.6. The van der Waals surface area contributed by atoms with Gasteiger partial charge < -0.3 is 14.1 Å². The second-order valence-electron chi connectivity index (χ2n) is 11.0. The first-order valence-corrected chi connectivity index (χ1v) is 15.1. The molecule has 0 aliphatic heterocycles. The van der Waals surface area contributed by atoms with E-state index >= 15 is 0 Å². The average molecular weight is 632 g/mol. The van der Waals surface area contributed by atoms with E-state index in [9.17, 15) is 13.2 Å². The van der Waals surface area contributed by atoms with Gasteiger partial charge in [-0.25, -0.2) is 4.98 Å². The molecule has 0 bridgehead atoms. The van der Waals surface area contributed by atoms with Gasteiger partial charge in [0.1, 0.15) is 24.5 Å².